The molecule has 0 unspecified atom stereocenters. The zero-order valence-corrected chi connectivity index (χ0v) is 17.5. The number of ketones is 1. The number of nitro groups is 1. The minimum Gasteiger partial charge on any atom is -0.363 e. The fraction of sp³-hybridized carbons (Fsp3) is 0.545. The van der Waals surface area contributed by atoms with Crippen molar-refractivity contribution in [3.8, 4) is 0 Å². The van der Waals surface area contributed by atoms with Crippen molar-refractivity contribution >= 4 is 17.2 Å². The van der Waals surface area contributed by atoms with Gasteiger partial charge in [0.05, 0.1) is 4.92 Å². The molecule has 0 bridgehead atoms. The van der Waals surface area contributed by atoms with Crippen LogP contribution in [0.15, 0.2) is 30.6 Å². The highest BCUT2D eigenvalue weighted by Gasteiger charge is 2.27. The molecule has 1 aromatic heterocycles. The molecule has 160 valence electrons. The van der Waals surface area contributed by atoms with Gasteiger partial charge in [0, 0.05) is 63.8 Å². The Morgan fingerprint density at radius 3 is 2.53 bits per heavy atom. The number of piperazine rings is 1. The van der Waals surface area contributed by atoms with Crippen LogP contribution in [-0.2, 0) is 7.05 Å². The predicted octanol–water partition coefficient (Wildman–Crippen LogP) is 3.26. The van der Waals surface area contributed by atoms with Gasteiger partial charge in [-0.15, -0.1) is 0 Å². The normalized spacial score (nSPS) is 18.5. The standard InChI is InChI=1S/C22H29N5O3/c1-24-10-9-23-22(24)21(28)18-7-8-19(20(15-18)27(29)30)26-13-11-25(12-14-26)16-17-5-3-2-4-6-17/h7-10,15,17H,2-6,11-14,16H2,1H3. The summed E-state index contributed by atoms with van der Waals surface area (Å²) in [4.78, 5) is 32.7. The van der Waals surface area contributed by atoms with E-state index in [4.69, 9.17) is 0 Å². The molecule has 1 saturated heterocycles. The van der Waals surface area contributed by atoms with Gasteiger partial charge in [-0.2, -0.15) is 0 Å². The Bertz CT molecular complexity index is 911. The van der Waals surface area contributed by atoms with Crippen LogP contribution in [0.1, 0.15) is 48.3 Å². The third kappa shape index (κ3) is 4.38. The molecule has 8 heteroatoms. The number of nitrogens with zero attached hydrogens (tertiary/aromatic N) is 5. The van der Waals surface area contributed by atoms with Crippen molar-refractivity contribution in [2.75, 3.05) is 37.6 Å². The smallest absolute Gasteiger partial charge is 0.293 e. The quantitative estimate of drug-likeness (QED) is 0.412. The van der Waals surface area contributed by atoms with E-state index in [1.807, 2.05) is 0 Å². The van der Waals surface area contributed by atoms with Crippen molar-refractivity contribution < 1.29 is 9.72 Å². The number of aryl methyl sites for hydroxylation is 1. The van der Waals surface area contributed by atoms with Gasteiger partial charge < -0.3 is 9.47 Å². The zero-order chi connectivity index (χ0) is 21.1. The topological polar surface area (TPSA) is 84.5 Å². The van der Waals surface area contributed by atoms with Crippen molar-refractivity contribution in [1.29, 1.82) is 0 Å². The lowest BCUT2D eigenvalue weighted by Crippen LogP contribution is -2.48. The van der Waals surface area contributed by atoms with E-state index >= 15 is 0 Å². The summed E-state index contributed by atoms with van der Waals surface area (Å²) in [5, 5.41) is 11.8. The molecule has 8 nitrogen and oxygen atoms in total. The summed E-state index contributed by atoms with van der Waals surface area (Å²) < 4.78 is 1.62. The third-order valence-electron chi connectivity index (χ3n) is 6.41. The number of anilines is 1. The summed E-state index contributed by atoms with van der Waals surface area (Å²) in [6.45, 7) is 4.51. The van der Waals surface area contributed by atoms with Gasteiger partial charge in [0.2, 0.25) is 5.78 Å². The van der Waals surface area contributed by atoms with Crippen LogP contribution >= 0.6 is 0 Å². The van der Waals surface area contributed by atoms with Crippen LogP contribution in [0.3, 0.4) is 0 Å². The third-order valence-corrected chi connectivity index (χ3v) is 6.41. The van der Waals surface area contributed by atoms with E-state index in [0.717, 1.165) is 38.6 Å². The predicted molar refractivity (Wildman–Crippen MR) is 115 cm³/mol. The van der Waals surface area contributed by atoms with E-state index in [2.05, 4.69) is 14.8 Å². The number of nitro benzene ring substituents is 1. The summed E-state index contributed by atoms with van der Waals surface area (Å²) in [5.41, 5.74) is 0.861. The number of imidazole rings is 1. The Balaban J connectivity index is 1.46. The molecule has 2 aliphatic rings. The van der Waals surface area contributed by atoms with Gasteiger partial charge in [-0.1, -0.05) is 19.3 Å². The molecule has 0 radical (unpaired) electrons. The Labute approximate surface area is 176 Å². The van der Waals surface area contributed by atoms with Crippen LogP contribution < -0.4 is 4.90 Å². The number of rotatable bonds is 6. The van der Waals surface area contributed by atoms with Crippen LogP contribution in [0.4, 0.5) is 11.4 Å². The summed E-state index contributed by atoms with van der Waals surface area (Å²) in [5.74, 6) is 0.763. The van der Waals surface area contributed by atoms with Crippen molar-refractivity contribution in [1.82, 2.24) is 14.5 Å². The molecular formula is C22H29N5O3. The van der Waals surface area contributed by atoms with E-state index in [1.165, 1.54) is 38.2 Å². The second-order valence-electron chi connectivity index (χ2n) is 8.44. The maximum atomic E-state index is 12.7. The summed E-state index contributed by atoms with van der Waals surface area (Å²) >= 11 is 0. The second-order valence-corrected chi connectivity index (χ2v) is 8.44. The molecule has 0 atom stereocenters. The zero-order valence-electron chi connectivity index (χ0n) is 17.5. The number of carbonyl (C=O) groups is 1. The van der Waals surface area contributed by atoms with Crippen molar-refractivity contribution in [3.05, 3.63) is 52.1 Å². The molecule has 2 fully saturated rings. The molecule has 1 aromatic carbocycles. The van der Waals surface area contributed by atoms with Crippen LogP contribution in [0.5, 0.6) is 0 Å². The van der Waals surface area contributed by atoms with Gasteiger partial charge in [-0.3, -0.25) is 19.8 Å². The van der Waals surface area contributed by atoms with Crippen molar-refractivity contribution in [3.63, 3.8) is 0 Å². The first kappa shape index (κ1) is 20.5. The van der Waals surface area contributed by atoms with E-state index < -0.39 is 0 Å². The number of hydrogen-bond acceptors (Lipinski definition) is 6. The van der Waals surface area contributed by atoms with Gasteiger partial charge >= 0.3 is 0 Å². The summed E-state index contributed by atoms with van der Waals surface area (Å²) in [6.07, 6.45) is 9.95. The first-order valence-corrected chi connectivity index (χ1v) is 10.8. The average molecular weight is 412 g/mol. The first-order chi connectivity index (χ1) is 14.5. The maximum absolute atomic E-state index is 12.7. The van der Waals surface area contributed by atoms with E-state index in [-0.39, 0.29) is 27.8 Å². The molecule has 0 spiro atoms. The van der Waals surface area contributed by atoms with Gasteiger partial charge in [0.1, 0.15) is 5.69 Å². The van der Waals surface area contributed by atoms with Gasteiger partial charge in [-0.05, 0) is 30.9 Å². The lowest BCUT2D eigenvalue weighted by Gasteiger charge is -2.38. The molecule has 30 heavy (non-hydrogen) atoms. The SMILES string of the molecule is Cn1ccnc1C(=O)c1ccc(N2CCN(CC3CCCCC3)CC2)c([N+](=O)[O-])c1. The molecule has 0 amide bonds. The minimum absolute atomic E-state index is 0.0178. The Morgan fingerprint density at radius 2 is 1.90 bits per heavy atom. The van der Waals surface area contributed by atoms with Crippen molar-refractivity contribution in [2.24, 2.45) is 13.0 Å². The Morgan fingerprint density at radius 1 is 1.17 bits per heavy atom. The van der Waals surface area contributed by atoms with Crippen LogP contribution in [0.25, 0.3) is 0 Å². The number of carbonyl (C=O) groups excluding carboxylic acids is 1. The number of benzene rings is 1. The van der Waals surface area contributed by atoms with Gasteiger partial charge in [0.25, 0.3) is 5.69 Å². The molecule has 4 rings (SSSR count). The van der Waals surface area contributed by atoms with Crippen molar-refractivity contribution in [2.45, 2.75) is 32.1 Å². The number of hydrogen-bond donors (Lipinski definition) is 0. The molecular weight excluding hydrogens is 382 g/mol. The highest BCUT2D eigenvalue weighted by molar-refractivity contribution is 6.07. The van der Waals surface area contributed by atoms with Crippen LogP contribution in [0.2, 0.25) is 0 Å². The lowest BCUT2D eigenvalue weighted by molar-refractivity contribution is -0.384. The molecule has 2 aromatic rings. The Hall–Kier alpha value is -2.74. The molecule has 1 aliphatic carbocycles. The fourth-order valence-corrected chi connectivity index (χ4v) is 4.70. The summed E-state index contributed by atoms with van der Waals surface area (Å²) in [7, 11) is 1.73. The highest BCUT2D eigenvalue weighted by Crippen LogP contribution is 2.31. The second kappa shape index (κ2) is 8.95. The molecule has 1 saturated carbocycles. The van der Waals surface area contributed by atoms with Gasteiger partial charge in [0.15, 0.2) is 5.82 Å². The largest absolute Gasteiger partial charge is 0.363 e. The maximum Gasteiger partial charge on any atom is 0.293 e. The summed E-state index contributed by atoms with van der Waals surface area (Å²) in [6, 6.07) is 4.78. The number of aromatic nitrogens is 2. The van der Waals surface area contributed by atoms with E-state index in [0.29, 0.717) is 5.69 Å². The fourth-order valence-electron chi connectivity index (χ4n) is 4.70. The highest BCUT2D eigenvalue weighted by atomic mass is 16.6. The lowest BCUT2D eigenvalue weighted by atomic mass is 9.89. The molecule has 1 aliphatic heterocycles. The molecule has 0 N–H and O–H groups in total. The molecule has 2 heterocycles. The van der Waals surface area contributed by atoms with Gasteiger partial charge in [-0.25, -0.2) is 4.98 Å². The van der Waals surface area contributed by atoms with E-state index in [9.17, 15) is 14.9 Å². The Kier molecular flexibility index (Phi) is 6.13. The average Bonchev–Trinajstić information content (AvgIpc) is 3.20. The first-order valence-electron chi connectivity index (χ1n) is 10.8. The monoisotopic (exact) mass is 411 g/mol. The van der Waals surface area contributed by atoms with Crippen LogP contribution in [0, 0.1) is 16.0 Å². The van der Waals surface area contributed by atoms with Crippen LogP contribution in [-0.4, -0.2) is 57.9 Å². The van der Waals surface area contributed by atoms with E-state index in [1.54, 1.807) is 36.1 Å². The minimum atomic E-state index is -0.390.